The van der Waals surface area contributed by atoms with Gasteiger partial charge in [0.1, 0.15) is 0 Å². The van der Waals surface area contributed by atoms with Crippen LogP contribution in [0.5, 0.6) is 0 Å². The summed E-state index contributed by atoms with van der Waals surface area (Å²) in [6.45, 7) is 2.75. The van der Waals surface area contributed by atoms with E-state index in [-0.39, 0.29) is 30.9 Å². The third-order valence-electron chi connectivity index (χ3n) is 4.69. The van der Waals surface area contributed by atoms with Crippen LogP contribution in [0.4, 0.5) is 0 Å². The molecule has 2 fully saturated rings. The lowest BCUT2D eigenvalue weighted by atomic mass is 9.92. The minimum Gasteiger partial charge on any atom is -0.341 e. The lowest BCUT2D eigenvalue weighted by molar-refractivity contribution is -0.135. The lowest BCUT2D eigenvalue weighted by Gasteiger charge is -2.35. The number of nitrogens with one attached hydrogen (secondary N) is 1. The molecule has 3 heterocycles. The number of carbonyl (C=O) groups is 1. The molecule has 1 unspecified atom stereocenters. The van der Waals surface area contributed by atoms with Gasteiger partial charge in [0.05, 0.1) is 6.04 Å². The first-order chi connectivity index (χ1) is 9.75. The number of piperidine rings is 2. The summed E-state index contributed by atoms with van der Waals surface area (Å²) in [5.41, 5.74) is 1.30. The second kappa shape index (κ2) is 8.75. The molecule has 1 aromatic heterocycles. The van der Waals surface area contributed by atoms with E-state index in [0.717, 1.165) is 38.9 Å². The van der Waals surface area contributed by atoms with Crippen LogP contribution in [0.3, 0.4) is 0 Å². The quantitative estimate of drug-likeness (QED) is 0.890. The molecule has 22 heavy (non-hydrogen) atoms. The number of hydrogen-bond acceptors (Lipinski definition) is 3. The predicted molar refractivity (Wildman–Crippen MR) is 91.9 cm³/mol. The van der Waals surface area contributed by atoms with Gasteiger partial charge in [-0.05, 0) is 38.3 Å². The summed E-state index contributed by atoms with van der Waals surface area (Å²) in [5.74, 6) is 0.860. The van der Waals surface area contributed by atoms with E-state index in [4.69, 9.17) is 0 Å². The van der Waals surface area contributed by atoms with Crippen molar-refractivity contribution >= 4 is 30.7 Å². The third kappa shape index (κ3) is 4.15. The second-order valence-corrected chi connectivity index (χ2v) is 5.98. The third-order valence-corrected chi connectivity index (χ3v) is 4.69. The van der Waals surface area contributed by atoms with Gasteiger partial charge in [0, 0.05) is 37.9 Å². The molecule has 1 atom stereocenters. The molecule has 2 aliphatic heterocycles. The molecule has 0 spiro atoms. The fraction of sp³-hybridized carbons (Fsp3) is 0.733. The summed E-state index contributed by atoms with van der Waals surface area (Å²) in [4.78, 5) is 14.5. The zero-order valence-electron chi connectivity index (χ0n) is 13.0. The van der Waals surface area contributed by atoms with E-state index in [2.05, 4.69) is 21.4 Å². The van der Waals surface area contributed by atoms with Gasteiger partial charge >= 0.3 is 0 Å². The van der Waals surface area contributed by atoms with Gasteiger partial charge in [0.15, 0.2) is 0 Å². The molecule has 7 heteroatoms. The van der Waals surface area contributed by atoms with E-state index < -0.39 is 0 Å². The molecule has 3 rings (SSSR count). The summed E-state index contributed by atoms with van der Waals surface area (Å²) in [5, 5.41) is 7.60. The SMILES string of the molecule is Cl.Cl.Cn1nccc1C1CCN(C(=O)C2CCCCN2)CC1. The molecule has 5 nitrogen and oxygen atoms in total. The van der Waals surface area contributed by atoms with Crippen molar-refractivity contribution < 1.29 is 4.79 Å². The van der Waals surface area contributed by atoms with Gasteiger partial charge in [-0.2, -0.15) is 5.10 Å². The van der Waals surface area contributed by atoms with Crippen LogP contribution in [0.2, 0.25) is 0 Å². The number of likely N-dealkylation sites (tertiary alicyclic amines) is 1. The largest absolute Gasteiger partial charge is 0.341 e. The Labute approximate surface area is 144 Å². The first kappa shape index (κ1) is 19.3. The lowest BCUT2D eigenvalue weighted by Crippen LogP contribution is -2.50. The highest BCUT2D eigenvalue weighted by atomic mass is 35.5. The summed E-state index contributed by atoms with van der Waals surface area (Å²) in [6.07, 6.45) is 7.34. The van der Waals surface area contributed by atoms with Crippen molar-refractivity contribution in [3.05, 3.63) is 18.0 Å². The Kier molecular flexibility index (Phi) is 7.66. The van der Waals surface area contributed by atoms with Crippen LogP contribution in [0.1, 0.15) is 43.7 Å². The Balaban J connectivity index is 0.00000121. The second-order valence-electron chi connectivity index (χ2n) is 5.98. The predicted octanol–water partition coefficient (Wildman–Crippen LogP) is 2.11. The van der Waals surface area contributed by atoms with Crippen molar-refractivity contribution in [2.24, 2.45) is 7.05 Å². The number of halogens is 2. The zero-order chi connectivity index (χ0) is 13.9. The molecular formula is C15H26Cl2N4O. The number of carbonyl (C=O) groups excluding carboxylic acids is 1. The molecule has 0 aromatic carbocycles. The standard InChI is InChI=1S/C15H24N4O.2ClH/c1-18-14(5-9-17-18)12-6-10-19(11-7-12)15(20)13-4-2-3-8-16-13;;/h5,9,12-13,16H,2-4,6-8,10-11H2,1H3;2*1H. The van der Waals surface area contributed by atoms with Gasteiger partial charge in [0.2, 0.25) is 5.91 Å². The molecule has 126 valence electrons. The van der Waals surface area contributed by atoms with Crippen molar-refractivity contribution in [3.8, 4) is 0 Å². The number of rotatable bonds is 2. The first-order valence-electron chi connectivity index (χ1n) is 7.76. The Hall–Kier alpha value is -0.780. The van der Waals surface area contributed by atoms with Crippen molar-refractivity contribution in [2.75, 3.05) is 19.6 Å². The van der Waals surface area contributed by atoms with Crippen molar-refractivity contribution in [1.29, 1.82) is 0 Å². The Morgan fingerprint density at radius 2 is 1.95 bits per heavy atom. The Bertz CT molecular complexity index is 466. The minimum atomic E-state index is 0. The van der Waals surface area contributed by atoms with Crippen LogP contribution in [0, 0.1) is 0 Å². The van der Waals surface area contributed by atoms with Gasteiger partial charge in [0.25, 0.3) is 0 Å². The maximum atomic E-state index is 12.5. The average molecular weight is 349 g/mol. The monoisotopic (exact) mass is 348 g/mol. The summed E-state index contributed by atoms with van der Waals surface area (Å²) in [7, 11) is 2.00. The van der Waals surface area contributed by atoms with Gasteiger partial charge in [-0.3, -0.25) is 9.48 Å². The van der Waals surface area contributed by atoms with Crippen LogP contribution in [-0.4, -0.2) is 46.3 Å². The molecular weight excluding hydrogens is 323 g/mol. The summed E-state index contributed by atoms with van der Waals surface area (Å²) in [6, 6.07) is 2.17. The highest BCUT2D eigenvalue weighted by Gasteiger charge is 2.30. The van der Waals surface area contributed by atoms with Gasteiger partial charge < -0.3 is 10.2 Å². The molecule has 0 aliphatic carbocycles. The van der Waals surface area contributed by atoms with Crippen molar-refractivity contribution in [1.82, 2.24) is 20.0 Å². The van der Waals surface area contributed by atoms with E-state index in [1.165, 1.54) is 18.5 Å². The first-order valence-corrected chi connectivity index (χ1v) is 7.76. The Morgan fingerprint density at radius 1 is 1.23 bits per heavy atom. The van der Waals surface area contributed by atoms with Crippen LogP contribution in [0.15, 0.2) is 12.3 Å². The number of hydrogen-bond donors (Lipinski definition) is 1. The fourth-order valence-corrected chi connectivity index (χ4v) is 3.46. The van der Waals surface area contributed by atoms with E-state index in [1.807, 2.05) is 17.9 Å². The van der Waals surface area contributed by atoms with Crippen LogP contribution in [0.25, 0.3) is 0 Å². The smallest absolute Gasteiger partial charge is 0.239 e. The van der Waals surface area contributed by atoms with E-state index in [0.29, 0.717) is 11.8 Å². The number of aromatic nitrogens is 2. The van der Waals surface area contributed by atoms with E-state index >= 15 is 0 Å². The number of amides is 1. The molecule has 0 saturated carbocycles. The number of nitrogens with zero attached hydrogens (tertiary/aromatic N) is 3. The van der Waals surface area contributed by atoms with Crippen LogP contribution in [-0.2, 0) is 11.8 Å². The van der Waals surface area contributed by atoms with Gasteiger partial charge in [-0.25, -0.2) is 0 Å². The fourth-order valence-electron chi connectivity index (χ4n) is 3.46. The highest BCUT2D eigenvalue weighted by molar-refractivity contribution is 5.85. The molecule has 0 bridgehead atoms. The maximum absolute atomic E-state index is 12.5. The number of aryl methyl sites for hydroxylation is 1. The van der Waals surface area contributed by atoms with Crippen LogP contribution >= 0.6 is 24.8 Å². The summed E-state index contributed by atoms with van der Waals surface area (Å²) < 4.78 is 1.96. The van der Waals surface area contributed by atoms with Crippen LogP contribution < -0.4 is 5.32 Å². The molecule has 1 N–H and O–H groups in total. The van der Waals surface area contributed by atoms with Gasteiger partial charge in [-0.1, -0.05) is 6.42 Å². The van der Waals surface area contributed by atoms with E-state index in [9.17, 15) is 4.79 Å². The van der Waals surface area contributed by atoms with Gasteiger partial charge in [-0.15, -0.1) is 24.8 Å². The Morgan fingerprint density at radius 3 is 2.50 bits per heavy atom. The average Bonchev–Trinajstić information content (AvgIpc) is 2.94. The molecule has 2 saturated heterocycles. The zero-order valence-corrected chi connectivity index (χ0v) is 14.7. The highest BCUT2D eigenvalue weighted by Crippen LogP contribution is 2.28. The van der Waals surface area contributed by atoms with Crippen molar-refractivity contribution in [2.45, 2.75) is 44.1 Å². The van der Waals surface area contributed by atoms with E-state index in [1.54, 1.807) is 0 Å². The molecule has 1 aromatic rings. The molecule has 2 aliphatic rings. The maximum Gasteiger partial charge on any atom is 0.239 e. The topological polar surface area (TPSA) is 50.2 Å². The minimum absolute atomic E-state index is 0. The normalized spacial score (nSPS) is 22.6. The molecule has 1 amide bonds. The molecule has 0 radical (unpaired) electrons. The van der Waals surface area contributed by atoms with Crippen molar-refractivity contribution in [3.63, 3.8) is 0 Å². The summed E-state index contributed by atoms with van der Waals surface area (Å²) >= 11 is 0.